The Morgan fingerprint density at radius 2 is 1.39 bits per heavy atom. The molecule has 0 amide bonds. The van der Waals surface area contributed by atoms with Crippen LogP contribution in [0.3, 0.4) is 0 Å². The zero-order valence-corrected chi connectivity index (χ0v) is 17.1. The summed E-state index contributed by atoms with van der Waals surface area (Å²) in [5.74, 6) is 0.705. The van der Waals surface area contributed by atoms with E-state index in [9.17, 15) is 4.79 Å². The number of fused-ring (bicyclic) bond motifs is 7. The van der Waals surface area contributed by atoms with Crippen LogP contribution < -0.4 is 4.90 Å². The Labute approximate surface area is 182 Å². The van der Waals surface area contributed by atoms with Crippen LogP contribution in [0.1, 0.15) is 10.4 Å². The van der Waals surface area contributed by atoms with Crippen LogP contribution in [-0.4, -0.2) is 15.5 Å². The average molecular weight is 417 g/mol. The highest BCUT2D eigenvalue weighted by Gasteiger charge is 2.32. The summed E-state index contributed by atoms with van der Waals surface area (Å²) in [4.78, 5) is 22.8. The Morgan fingerprint density at radius 3 is 2.16 bits per heavy atom. The molecule has 3 heterocycles. The highest BCUT2D eigenvalue weighted by atomic mass is 32.2. The van der Waals surface area contributed by atoms with Gasteiger partial charge in [0.1, 0.15) is 5.82 Å². The van der Waals surface area contributed by atoms with Crippen molar-refractivity contribution in [3.63, 3.8) is 0 Å². The Morgan fingerprint density at radius 1 is 0.710 bits per heavy atom. The van der Waals surface area contributed by atoms with Crippen LogP contribution in [0.15, 0.2) is 101 Å². The van der Waals surface area contributed by atoms with Gasteiger partial charge in [-0.25, -0.2) is 4.98 Å². The van der Waals surface area contributed by atoms with Crippen LogP contribution in [0.4, 0.5) is 17.1 Å². The van der Waals surface area contributed by atoms with E-state index in [0.29, 0.717) is 5.56 Å². The molecule has 5 aromatic rings. The second-order valence-electron chi connectivity index (χ2n) is 7.67. The molecule has 31 heavy (non-hydrogen) atoms. The van der Waals surface area contributed by atoms with Gasteiger partial charge in [-0.1, -0.05) is 48.2 Å². The predicted octanol–water partition coefficient (Wildman–Crippen LogP) is 6.64. The summed E-state index contributed by atoms with van der Waals surface area (Å²) < 4.78 is 1.73. The van der Waals surface area contributed by atoms with Crippen LogP contribution in [0.25, 0.3) is 22.4 Å². The second kappa shape index (κ2) is 6.09. The highest BCUT2D eigenvalue weighted by molar-refractivity contribution is 7.99. The minimum Gasteiger partial charge on any atom is -0.308 e. The minimum atomic E-state index is -0.0199. The maximum absolute atomic E-state index is 13.4. The van der Waals surface area contributed by atoms with Crippen molar-refractivity contribution in [1.29, 1.82) is 0 Å². The third-order valence-electron chi connectivity index (χ3n) is 5.93. The molecule has 7 rings (SSSR count). The molecule has 0 spiro atoms. The molecule has 0 N–H and O–H groups in total. The normalized spacial score (nSPS) is 13.7. The topological polar surface area (TPSA) is 38.1 Å². The lowest BCUT2D eigenvalue weighted by molar-refractivity contribution is 0.0973. The molecule has 0 aliphatic carbocycles. The summed E-state index contributed by atoms with van der Waals surface area (Å²) in [6.45, 7) is 0. The summed E-state index contributed by atoms with van der Waals surface area (Å²) in [5.41, 5.74) is 6.50. The summed E-state index contributed by atoms with van der Waals surface area (Å²) >= 11 is 1.78. The van der Waals surface area contributed by atoms with E-state index in [4.69, 9.17) is 4.98 Å². The van der Waals surface area contributed by atoms with E-state index in [0.717, 1.165) is 39.5 Å². The molecule has 0 unspecified atom stereocenters. The predicted molar refractivity (Wildman–Crippen MR) is 124 cm³/mol. The van der Waals surface area contributed by atoms with Crippen molar-refractivity contribution in [2.75, 3.05) is 4.90 Å². The first-order valence-electron chi connectivity index (χ1n) is 10.1. The molecular weight excluding hydrogens is 402 g/mol. The van der Waals surface area contributed by atoms with Gasteiger partial charge in [-0.3, -0.25) is 9.36 Å². The fourth-order valence-corrected chi connectivity index (χ4v) is 5.62. The highest BCUT2D eigenvalue weighted by Crippen LogP contribution is 2.51. The summed E-state index contributed by atoms with van der Waals surface area (Å²) in [7, 11) is 0. The summed E-state index contributed by atoms with van der Waals surface area (Å²) in [6, 6.07) is 30.7. The van der Waals surface area contributed by atoms with Gasteiger partial charge in [0.25, 0.3) is 5.91 Å². The van der Waals surface area contributed by atoms with E-state index in [2.05, 4.69) is 59.5 Å². The number of carbonyl (C=O) groups is 1. The first-order valence-corrected chi connectivity index (χ1v) is 10.9. The van der Waals surface area contributed by atoms with Gasteiger partial charge in [0, 0.05) is 21.0 Å². The van der Waals surface area contributed by atoms with Gasteiger partial charge < -0.3 is 4.90 Å². The van der Waals surface area contributed by atoms with Crippen LogP contribution in [0, 0.1) is 0 Å². The number of hydrogen-bond donors (Lipinski definition) is 0. The molecule has 0 saturated heterocycles. The van der Waals surface area contributed by atoms with E-state index in [1.165, 1.54) is 9.79 Å². The molecule has 2 aliphatic heterocycles. The largest absolute Gasteiger partial charge is 0.308 e. The van der Waals surface area contributed by atoms with Crippen LogP contribution in [0.2, 0.25) is 0 Å². The number of carbonyl (C=O) groups excluding carboxylic acids is 1. The molecule has 0 fully saturated rings. The number of anilines is 3. The van der Waals surface area contributed by atoms with E-state index >= 15 is 0 Å². The number of aromatic nitrogens is 2. The van der Waals surface area contributed by atoms with Crippen molar-refractivity contribution in [2.45, 2.75) is 9.79 Å². The van der Waals surface area contributed by atoms with Crippen molar-refractivity contribution in [1.82, 2.24) is 9.55 Å². The number of nitrogens with zero attached hydrogens (tertiary/aromatic N) is 3. The minimum absolute atomic E-state index is 0.0199. The van der Waals surface area contributed by atoms with Crippen molar-refractivity contribution < 1.29 is 4.79 Å². The van der Waals surface area contributed by atoms with Gasteiger partial charge in [-0.2, -0.15) is 0 Å². The van der Waals surface area contributed by atoms with Gasteiger partial charge in [0.2, 0.25) is 0 Å². The molecule has 1 aromatic heterocycles. The second-order valence-corrected chi connectivity index (χ2v) is 8.75. The first-order chi connectivity index (χ1) is 15.3. The van der Waals surface area contributed by atoms with Crippen molar-refractivity contribution in [3.05, 3.63) is 96.6 Å². The third-order valence-corrected chi connectivity index (χ3v) is 7.06. The van der Waals surface area contributed by atoms with Crippen LogP contribution in [0.5, 0.6) is 0 Å². The quantitative estimate of drug-likeness (QED) is 0.300. The lowest BCUT2D eigenvalue weighted by atomic mass is 10.1. The summed E-state index contributed by atoms with van der Waals surface area (Å²) in [6.07, 6.45) is 0. The maximum Gasteiger partial charge on any atom is 0.264 e. The lowest BCUT2D eigenvalue weighted by Gasteiger charge is -2.33. The number of imidazole rings is 1. The Kier molecular flexibility index (Phi) is 3.32. The molecule has 0 atom stereocenters. The van der Waals surface area contributed by atoms with Gasteiger partial charge in [0.15, 0.2) is 0 Å². The zero-order chi connectivity index (χ0) is 20.5. The number of para-hydroxylation sites is 4. The molecule has 4 nitrogen and oxygen atoms in total. The van der Waals surface area contributed by atoms with E-state index in [1.54, 1.807) is 16.3 Å². The molecular formula is C26H15N3OS. The molecule has 5 heteroatoms. The standard InChI is InChI=1S/C26H15N3OS/c30-26-18-15-16(13-14-17(18)25-27-19-7-1-2-8-20(19)29(25)26)28-21-9-3-5-11-23(21)31-24-12-6-4-10-22(24)28/h1-15H. The van der Waals surface area contributed by atoms with Crippen molar-refractivity contribution >= 4 is 45.8 Å². The number of hydrogen-bond acceptors (Lipinski definition) is 4. The number of benzene rings is 4. The maximum atomic E-state index is 13.4. The fraction of sp³-hybridized carbons (Fsp3) is 0. The molecule has 146 valence electrons. The molecule has 0 saturated carbocycles. The van der Waals surface area contributed by atoms with E-state index < -0.39 is 0 Å². The van der Waals surface area contributed by atoms with Gasteiger partial charge >= 0.3 is 0 Å². The average Bonchev–Trinajstić information content (AvgIpc) is 3.33. The van der Waals surface area contributed by atoms with E-state index in [1.807, 2.05) is 36.4 Å². The first kappa shape index (κ1) is 16.9. The van der Waals surface area contributed by atoms with Gasteiger partial charge in [-0.05, 0) is 54.6 Å². The van der Waals surface area contributed by atoms with E-state index in [-0.39, 0.29) is 5.91 Å². The monoisotopic (exact) mass is 417 g/mol. The van der Waals surface area contributed by atoms with Gasteiger partial charge in [-0.15, -0.1) is 0 Å². The lowest BCUT2D eigenvalue weighted by Crippen LogP contribution is -2.15. The molecule has 2 aliphatic rings. The van der Waals surface area contributed by atoms with Crippen LogP contribution >= 0.6 is 11.8 Å². The Bertz CT molecular complexity index is 1510. The molecule has 0 bridgehead atoms. The smallest absolute Gasteiger partial charge is 0.264 e. The molecule has 0 radical (unpaired) electrons. The summed E-state index contributed by atoms with van der Waals surface area (Å²) in [5, 5.41) is 0. The van der Waals surface area contributed by atoms with Gasteiger partial charge in [0.05, 0.1) is 28.0 Å². The van der Waals surface area contributed by atoms with Crippen LogP contribution in [-0.2, 0) is 0 Å². The fourth-order valence-electron chi connectivity index (χ4n) is 4.56. The van der Waals surface area contributed by atoms with Crippen molar-refractivity contribution in [2.24, 2.45) is 0 Å². The molecule has 4 aromatic carbocycles. The Balaban J connectivity index is 1.43. The third kappa shape index (κ3) is 2.26. The van der Waals surface area contributed by atoms with Crippen molar-refractivity contribution in [3.8, 4) is 11.4 Å². The zero-order valence-electron chi connectivity index (χ0n) is 16.3. The SMILES string of the molecule is O=C1c2cc(N3c4ccccc4Sc4ccccc43)ccc2-c2nc3ccccc3n21. The Hall–Kier alpha value is -3.83. The number of rotatable bonds is 1.